The van der Waals surface area contributed by atoms with E-state index in [2.05, 4.69) is 19.5 Å². The number of amides is 2. The molecule has 1 aliphatic heterocycles. The van der Waals surface area contributed by atoms with E-state index >= 15 is 0 Å². The molecule has 2 amide bonds. The van der Waals surface area contributed by atoms with E-state index < -0.39 is 78.2 Å². The topological polar surface area (TPSA) is 68.8 Å². The van der Waals surface area contributed by atoms with Gasteiger partial charge in [-0.05, 0) is 41.0 Å². The fourth-order valence-corrected chi connectivity index (χ4v) is 4.16. The molecule has 0 aromatic heterocycles. The van der Waals surface area contributed by atoms with Crippen molar-refractivity contribution >= 4 is 6.03 Å². The average Bonchev–Trinajstić information content (AvgIpc) is 3.19. The molecule has 42 heavy (non-hydrogen) atoms. The number of ether oxygens (including phenoxy) is 3. The maximum absolute atomic E-state index is 14.8. The van der Waals surface area contributed by atoms with Gasteiger partial charge in [0.15, 0.2) is 11.5 Å². The molecular formula is C26H18F10N2O4. The molecule has 3 aromatic carbocycles. The maximum Gasteiger partial charge on any atom is 0.586 e. The fourth-order valence-electron chi connectivity index (χ4n) is 4.16. The first kappa shape index (κ1) is 30.6. The molecule has 0 bridgehead atoms. The first-order valence-corrected chi connectivity index (χ1v) is 11.7. The Morgan fingerprint density at radius 3 is 2.19 bits per heavy atom. The van der Waals surface area contributed by atoms with Crippen molar-refractivity contribution in [1.82, 2.24) is 10.6 Å². The minimum Gasteiger partial charge on any atom is -0.428 e. The number of halogens is 10. The molecule has 3 aromatic rings. The molecule has 1 heterocycles. The van der Waals surface area contributed by atoms with Crippen molar-refractivity contribution in [2.24, 2.45) is 0 Å². The van der Waals surface area contributed by atoms with Crippen LogP contribution in [0.25, 0.3) is 0 Å². The summed E-state index contributed by atoms with van der Waals surface area (Å²) in [5, 5.41) is 3.80. The largest absolute Gasteiger partial charge is 0.586 e. The van der Waals surface area contributed by atoms with Crippen molar-refractivity contribution in [2.45, 2.75) is 37.0 Å². The smallest absolute Gasteiger partial charge is 0.428 e. The second kappa shape index (κ2) is 11.1. The van der Waals surface area contributed by atoms with Crippen molar-refractivity contribution < 1.29 is 62.9 Å². The standard InChI is InChI=1S/C26H18F10N2O4/c27-17-8-16(9-18(11-17)40-25(33,34)21(28)29)23(12-14-4-2-1-3-5-14,38-22(39)37-13-24(30,31)32)15-6-7-19-20(10-15)42-26(35,36)41-19/h1-11,21H,12-13H2,(H2,37,38,39)/t23-/m1/s1. The van der Waals surface area contributed by atoms with Gasteiger partial charge in [-0.3, -0.25) is 0 Å². The minimum absolute atomic E-state index is 0.231. The normalized spacial score (nSPS) is 15.7. The van der Waals surface area contributed by atoms with Gasteiger partial charge >= 0.3 is 31.0 Å². The van der Waals surface area contributed by atoms with Gasteiger partial charge in [0.05, 0.1) is 5.54 Å². The summed E-state index contributed by atoms with van der Waals surface area (Å²) in [5.41, 5.74) is -2.65. The maximum atomic E-state index is 14.8. The van der Waals surface area contributed by atoms with E-state index in [0.717, 1.165) is 18.2 Å². The van der Waals surface area contributed by atoms with Crippen LogP contribution in [0.3, 0.4) is 0 Å². The summed E-state index contributed by atoms with van der Waals surface area (Å²) in [6, 6.07) is 10.7. The third kappa shape index (κ3) is 7.09. The Hall–Kier alpha value is -4.37. The molecule has 1 atom stereocenters. The van der Waals surface area contributed by atoms with Crippen LogP contribution in [0, 0.1) is 5.82 Å². The zero-order chi connectivity index (χ0) is 30.9. The van der Waals surface area contributed by atoms with Gasteiger partial charge in [-0.2, -0.15) is 30.7 Å². The van der Waals surface area contributed by atoms with E-state index in [0.29, 0.717) is 23.8 Å². The predicted molar refractivity (Wildman–Crippen MR) is 124 cm³/mol. The van der Waals surface area contributed by atoms with E-state index in [4.69, 9.17) is 0 Å². The van der Waals surface area contributed by atoms with E-state index in [1.54, 1.807) is 11.4 Å². The Balaban J connectivity index is 1.92. The summed E-state index contributed by atoms with van der Waals surface area (Å²) in [4.78, 5) is 12.8. The zero-order valence-electron chi connectivity index (χ0n) is 20.8. The molecule has 16 heteroatoms. The predicted octanol–water partition coefficient (Wildman–Crippen LogP) is 6.73. The Morgan fingerprint density at radius 2 is 1.55 bits per heavy atom. The van der Waals surface area contributed by atoms with Crippen molar-refractivity contribution in [3.63, 3.8) is 0 Å². The summed E-state index contributed by atoms with van der Waals surface area (Å²) in [6.07, 6.45) is -18.9. The molecule has 4 rings (SSSR count). The van der Waals surface area contributed by atoms with Gasteiger partial charge in [-0.1, -0.05) is 36.4 Å². The number of rotatable bonds is 9. The Kier molecular flexibility index (Phi) is 8.11. The molecule has 0 aliphatic carbocycles. The number of urea groups is 1. The lowest BCUT2D eigenvalue weighted by Gasteiger charge is -2.37. The van der Waals surface area contributed by atoms with Crippen molar-refractivity contribution in [1.29, 1.82) is 0 Å². The van der Waals surface area contributed by atoms with Crippen LogP contribution >= 0.6 is 0 Å². The lowest BCUT2D eigenvalue weighted by molar-refractivity contribution is -0.286. The van der Waals surface area contributed by atoms with Crippen LogP contribution in [0.1, 0.15) is 16.7 Å². The summed E-state index contributed by atoms with van der Waals surface area (Å²) < 4.78 is 147. The van der Waals surface area contributed by atoms with Gasteiger partial charge in [0.25, 0.3) is 0 Å². The summed E-state index contributed by atoms with van der Waals surface area (Å²) >= 11 is 0. The van der Waals surface area contributed by atoms with Gasteiger partial charge in [0, 0.05) is 12.5 Å². The van der Waals surface area contributed by atoms with Crippen molar-refractivity contribution in [3.8, 4) is 17.2 Å². The van der Waals surface area contributed by atoms with E-state index in [9.17, 15) is 48.7 Å². The molecular weight excluding hydrogens is 594 g/mol. The van der Waals surface area contributed by atoms with Crippen LogP contribution in [-0.2, 0) is 12.0 Å². The van der Waals surface area contributed by atoms with Gasteiger partial charge in [0.2, 0.25) is 0 Å². The van der Waals surface area contributed by atoms with Gasteiger partial charge in [0.1, 0.15) is 18.1 Å². The molecule has 226 valence electrons. The van der Waals surface area contributed by atoms with E-state index in [-0.39, 0.29) is 5.56 Å². The molecule has 6 nitrogen and oxygen atoms in total. The molecule has 2 N–H and O–H groups in total. The Labute approximate surface area is 230 Å². The van der Waals surface area contributed by atoms with Crippen LogP contribution in [0.5, 0.6) is 17.2 Å². The van der Waals surface area contributed by atoms with E-state index in [1.807, 2.05) is 0 Å². The fraction of sp³-hybridized carbons (Fsp3) is 0.269. The van der Waals surface area contributed by atoms with Gasteiger partial charge in [-0.15, -0.1) is 8.78 Å². The summed E-state index contributed by atoms with van der Waals surface area (Å²) in [7, 11) is 0. The molecule has 0 radical (unpaired) electrons. The first-order chi connectivity index (χ1) is 19.5. The van der Waals surface area contributed by atoms with Crippen LogP contribution in [0.4, 0.5) is 48.7 Å². The Morgan fingerprint density at radius 1 is 0.881 bits per heavy atom. The number of carbonyl (C=O) groups excluding carboxylic acids is 1. The second-order valence-corrected chi connectivity index (χ2v) is 8.96. The highest BCUT2D eigenvalue weighted by molar-refractivity contribution is 5.76. The highest BCUT2D eigenvalue weighted by Gasteiger charge is 2.47. The van der Waals surface area contributed by atoms with Gasteiger partial charge < -0.3 is 24.8 Å². The van der Waals surface area contributed by atoms with E-state index in [1.165, 1.54) is 24.3 Å². The number of fused-ring (bicyclic) bond motifs is 1. The molecule has 1 aliphatic rings. The molecule has 0 spiro atoms. The monoisotopic (exact) mass is 612 g/mol. The first-order valence-electron chi connectivity index (χ1n) is 11.7. The average molecular weight is 612 g/mol. The minimum atomic E-state index is -5.09. The molecule has 0 saturated carbocycles. The van der Waals surface area contributed by atoms with Crippen molar-refractivity contribution in [3.05, 3.63) is 89.2 Å². The number of benzene rings is 3. The van der Waals surface area contributed by atoms with Crippen LogP contribution < -0.4 is 24.8 Å². The SMILES string of the molecule is O=C(NCC(F)(F)F)N[C@@](Cc1ccccc1)(c1cc(F)cc(OC(F)(F)C(F)F)c1)c1ccc2c(c1)OC(F)(F)O2. The number of nitrogens with one attached hydrogen (secondary N) is 2. The number of hydrogen-bond donors (Lipinski definition) is 2. The molecule has 0 saturated heterocycles. The lowest BCUT2D eigenvalue weighted by Crippen LogP contribution is -2.53. The summed E-state index contributed by atoms with van der Waals surface area (Å²) in [5.74, 6) is -3.55. The lowest BCUT2D eigenvalue weighted by atomic mass is 9.77. The third-order valence-corrected chi connectivity index (χ3v) is 5.85. The second-order valence-electron chi connectivity index (χ2n) is 8.96. The van der Waals surface area contributed by atoms with Crippen LogP contribution in [0.2, 0.25) is 0 Å². The molecule has 0 unspecified atom stereocenters. The molecule has 0 fully saturated rings. The number of carbonyl (C=O) groups is 1. The highest BCUT2D eigenvalue weighted by Crippen LogP contribution is 2.45. The summed E-state index contributed by atoms with van der Waals surface area (Å²) in [6.45, 7) is -1.83. The quantitative estimate of drug-likeness (QED) is 0.263. The van der Waals surface area contributed by atoms with Crippen molar-refractivity contribution in [2.75, 3.05) is 6.54 Å². The highest BCUT2D eigenvalue weighted by atomic mass is 19.4. The zero-order valence-corrected chi connectivity index (χ0v) is 20.8. The number of alkyl halides is 9. The van der Waals surface area contributed by atoms with Crippen LogP contribution in [-0.4, -0.2) is 37.6 Å². The van der Waals surface area contributed by atoms with Gasteiger partial charge in [-0.25, -0.2) is 9.18 Å². The third-order valence-electron chi connectivity index (χ3n) is 5.85. The Bertz CT molecular complexity index is 1440. The van der Waals surface area contributed by atoms with Crippen LogP contribution in [0.15, 0.2) is 66.7 Å². The number of hydrogen-bond acceptors (Lipinski definition) is 4.